The number of carbonyl (C=O) groups is 1. The lowest BCUT2D eigenvalue weighted by Gasteiger charge is -2.33. The molecular weight excluding hydrogens is 252 g/mol. The highest BCUT2D eigenvalue weighted by Gasteiger charge is 2.26. The Morgan fingerprint density at radius 3 is 2.45 bits per heavy atom. The van der Waals surface area contributed by atoms with E-state index in [9.17, 15) is 4.79 Å². The van der Waals surface area contributed by atoms with Crippen LogP contribution in [0.15, 0.2) is 18.2 Å². The summed E-state index contributed by atoms with van der Waals surface area (Å²) in [6.45, 7) is 9.57. The number of carbonyl (C=O) groups excluding carboxylic acids is 1. The van der Waals surface area contributed by atoms with E-state index in [-0.39, 0.29) is 11.7 Å². The Kier molecular flexibility index (Phi) is 4.41. The van der Waals surface area contributed by atoms with Crippen LogP contribution in [0, 0.1) is 19.3 Å². The quantitative estimate of drug-likeness (QED) is 0.791. The highest BCUT2D eigenvalue weighted by atomic mass is 16.7. The van der Waals surface area contributed by atoms with Crippen molar-refractivity contribution in [3.05, 3.63) is 40.5 Å². The summed E-state index contributed by atoms with van der Waals surface area (Å²) in [5.41, 5.74) is 3.88. The smallest absolute Gasteiger partial charge is 0.177 e. The summed E-state index contributed by atoms with van der Waals surface area (Å²) in [4.78, 5) is 11.2. The average molecular weight is 274 g/mol. The van der Waals surface area contributed by atoms with E-state index in [0.29, 0.717) is 18.8 Å². The molecule has 108 valence electrons. The third-order valence-electron chi connectivity index (χ3n) is 3.39. The Morgan fingerprint density at radius 2 is 1.85 bits per heavy atom. The van der Waals surface area contributed by atoms with Gasteiger partial charge in [0.05, 0.1) is 13.2 Å². The lowest BCUT2D eigenvalue weighted by Crippen LogP contribution is -2.36. The van der Waals surface area contributed by atoms with Gasteiger partial charge in [0, 0.05) is 11.0 Å². The molecule has 0 bridgehead atoms. The van der Waals surface area contributed by atoms with Gasteiger partial charge in [-0.2, -0.15) is 0 Å². The van der Waals surface area contributed by atoms with Crippen LogP contribution in [0.4, 0.5) is 0 Å². The molecule has 0 spiro atoms. The Balaban J connectivity index is 2.14. The summed E-state index contributed by atoms with van der Waals surface area (Å²) in [6.07, 6.45) is 4.36. The third kappa shape index (κ3) is 3.56. The standard InChI is InChI=1S/C17H22O3/c1-12-7-13(2)15(14(8-12)9-18)5-6-16-19-10-17(3,4)11-20-16/h5-9,16H,10-11H2,1-4H3/b6-5+. The first-order valence-corrected chi connectivity index (χ1v) is 6.89. The number of rotatable bonds is 3. The van der Waals surface area contributed by atoms with E-state index < -0.39 is 0 Å². The largest absolute Gasteiger partial charge is 0.348 e. The molecule has 0 unspecified atom stereocenters. The van der Waals surface area contributed by atoms with Crippen molar-refractivity contribution >= 4 is 12.4 Å². The molecule has 0 radical (unpaired) electrons. The van der Waals surface area contributed by atoms with Gasteiger partial charge in [-0.05, 0) is 37.1 Å². The van der Waals surface area contributed by atoms with E-state index in [4.69, 9.17) is 9.47 Å². The second-order valence-corrected chi connectivity index (χ2v) is 6.22. The molecule has 20 heavy (non-hydrogen) atoms. The summed E-state index contributed by atoms with van der Waals surface area (Å²) < 4.78 is 11.3. The van der Waals surface area contributed by atoms with Gasteiger partial charge in [0.1, 0.15) is 0 Å². The number of ether oxygens (including phenoxy) is 2. The molecular formula is C17H22O3. The average Bonchev–Trinajstić information content (AvgIpc) is 2.38. The van der Waals surface area contributed by atoms with Crippen LogP contribution in [0.1, 0.15) is 40.9 Å². The van der Waals surface area contributed by atoms with Crippen LogP contribution in [0.25, 0.3) is 6.08 Å². The summed E-state index contributed by atoms with van der Waals surface area (Å²) in [5, 5.41) is 0. The zero-order valence-corrected chi connectivity index (χ0v) is 12.6. The van der Waals surface area contributed by atoms with Crippen LogP contribution in [-0.2, 0) is 9.47 Å². The molecule has 1 aromatic carbocycles. The first-order chi connectivity index (χ1) is 9.41. The van der Waals surface area contributed by atoms with Crippen LogP contribution in [-0.4, -0.2) is 25.8 Å². The Hall–Kier alpha value is -1.45. The van der Waals surface area contributed by atoms with Crippen LogP contribution in [0.3, 0.4) is 0 Å². The molecule has 1 fully saturated rings. The maximum atomic E-state index is 11.2. The number of aryl methyl sites for hydroxylation is 2. The summed E-state index contributed by atoms with van der Waals surface area (Å²) >= 11 is 0. The second-order valence-electron chi connectivity index (χ2n) is 6.22. The molecule has 1 saturated heterocycles. The predicted molar refractivity (Wildman–Crippen MR) is 79.8 cm³/mol. The summed E-state index contributed by atoms with van der Waals surface area (Å²) in [5.74, 6) is 0. The van der Waals surface area contributed by atoms with Gasteiger partial charge in [-0.1, -0.05) is 31.6 Å². The fourth-order valence-electron chi connectivity index (χ4n) is 2.33. The lowest BCUT2D eigenvalue weighted by atomic mass is 9.95. The van der Waals surface area contributed by atoms with Gasteiger partial charge in [-0.3, -0.25) is 4.79 Å². The van der Waals surface area contributed by atoms with Crippen molar-refractivity contribution in [1.82, 2.24) is 0 Å². The first-order valence-electron chi connectivity index (χ1n) is 6.89. The molecule has 1 aliphatic rings. The maximum absolute atomic E-state index is 11.2. The summed E-state index contributed by atoms with van der Waals surface area (Å²) in [6, 6.07) is 3.96. The van der Waals surface area contributed by atoms with Gasteiger partial charge in [0.25, 0.3) is 0 Å². The molecule has 0 aromatic heterocycles. The normalized spacial score (nSPS) is 19.4. The van der Waals surface area contributed by atoms with Crippen LogP contribution < -0.4 is 0 Å². The number of aldehydes is 1. The molecule has 3 heteroatoms. The van der Waals surface area contributed by atoms with Crippen molar-refractivity contribution in [2.24, 2.45) is 5.41 Å². The minimum atomic E-state index is -0.330. The number of hydrogen-bond donors (Lipinski definition) is 0. The Bertz CT molecular complexity index is 519. The molecule has 2 rings (SSSR count). The minimum Gasteiger partial charge on any atom is -0.348 e. The van der Waals surface area contributed by atoms with Crippen molar-refractivity contribution in [1.29, 1.82) is 0 Å². The Morgan fingerprint density at radius 1 is 1.20 bits per heavy atom. The zero-order chi connectivity index (χ0) is 14.8. The zero-order valence-electron chi connectivity index (χ0n) is 12.6. The second kappa shape index (κ2) is 5.90. The van der Waals surface area contributed by atoms with E-state index in [2.05, 4.69) is 19.9 Å². The van der Waals surface area contributed by atoms with Crippen molar-refractivity contribution in [2.75, 3.05) is 13.2 Å². The van der Waals surface area contributed by atoms with E-state index in [0.717, 1.165) is 23.0 Å². The molecule has 0 aliphatic carbocycles. The molecule has 0 N–H and O–H groups in total. The summed E-state index contributed by atoms with van der Waals surface area (Å²) in [7, 11) is 0. The molecule has 0 saturated carbocycles. The number of benzene rings is 1. The van der Waals surface area contributed by atoms with Gasteiger partial charge in [-0.15, -0.1) is 0 Å². The molecule has 3 nitrogen and oxygen atoms in total. The lowest BCUT2D eigenvalue weighted by molar-refractivity contribution is -0.197. The minimum absolute atomic E-state index is 0.0675. The van der Waals surface area contributed by atoms with Crippen LogP contribution in [0.2, 0.25) is 0 Å². The van der Waals surface area contributed by atoms with Gasteiger partial charge < -0.3 is 9.47 Å². The molecule has 1 heterocycles. The third-order valence-corrected chi connectivity index (χ3v) is 3.39. The number of hydrogen-bond acceptors (Lipinski definition) is 3. The highest BCUT2D eigenvalue weighted by molar-refractivity contribution is 5.83. The van der Waals surface area contributed by atoms with Crippen molar-refractivity contribution in [3.8, 4) is 0 Å². The van der Waals surface area contributed by atoms with Gasteiger partial charge in [-0.25, -0.2) is 0 Å². The monoisotopic (exact) mass is 274 g/mol. The Labute approximate surface area is 120 Å². The molecule has 1 aliphatic heterocycles. The molecule has 0 amide bonds. The molecule has 0 atom stereocenters. The first kappa shape index (κ1) is 14.9. The van der Waals surface area contributed by atoms with Gasteiger partial charge in [0.15, 0.2) is 12.6 Å². The predicted octanol–water partition coefficient (Wildman–Crippen LogP) is 3.53. The SMILES string of the molecule is Cc1cc(C)c(/C=C/C2OCC(C)(C)CO2)c(C=O)c1. The maximum Gasteiger partial charge on any atom is 0.177 e. The highest BCUT2D eigenvalue weighted by Crippen LogP contribution is 2.24. The van der Waals surface area contributed by atoms with E-state index in [1.54, 1.807) is 0 Å². The fraction of sp³-hybridized carbons (Fsp3) is 0.471. The van der Waals surface area contributed by atoms with E-state index in [1.165, 1.54) is 0 Å². The fourth-order valence-corrected chi connectivity index (χ4v) is 2.33. The van der Waals surface area contributed by atoms with E-state index in [1.807, 2.05) is 32.1 Å². The van der Waals surface area contributed by atoms with Crippen molar-refractivity contribution in [2.45, 2.75) is 34.0 Å². The van der Waals surface area contributed by atoms with Crippen molar-refractivity contribution in [3.63, 3.8) is 0 Å². The van der Waals surface area contributed by atoms with E-state index >= 15 is 0 Å². The van der Waals surface area contributed by atoms with Gasteiger partial charge >= 0.3 is 0 Å². The molecule has 1 aromatic rings. The van der Waals surface area contributed by atoms with Crippen LogP contribution in [0.5, 0.6) is 0 Å². The van der Waals surface area contributed by atoms with Crippen LogP contribution >= 0.6 is 0 Å². The van der Waals surface area contributed by atoms with Gasteiger partial charge in [0.2, 0.25) is 0 Å². The topological polar surface area (TPSA) is 35.5 Å². The van der Waals surface area contributed by atoms with Crippen molar-refractivity contribution < 1.29 is 14.3 Å².